The monoisotopic (exact) mass is 426 g/mol. The number of para-hydroxylation sites is 1. The Morgan fingerprint density at radius 3 is 2.32 bits per heavy atom. The van der Waals surface area contributed by atoms with E-state index in [4.69, 9.17) is 4.42 Å². The maximum atomic E-state index is 12.3. The third-order valence-corrected chi connectivity index (χ3v) is 6.26. The summed E-state index contributed by atoms with van der Waals surface area (Å²) in [5.41, 5.74) is 5.13. The molecule has 1 heterocycles. The van der Waals surface area contributed by atoms with E-state index in [1.807, 2.05) is 66.7 Å². The molecule has 1 aliphatic rings. The van der Waals surface area contributed by atoms with Crippen molar-refractivity contribution in [1.29, 1.82) is 0 Å². The van der Waals surface area contributed by atoms with Crippen LogP contribution in [0.4, 0.5) is 0 Å². The van der Waals surface area contributed by atoms with Crippen molar-refractivity contribution in [3.8, 4) is 11.1 Å². The average Bonchev–Trinajstić information content (AvgIpc) is 3.22. The van der Waals surface area contributed by atoms with Crippen molar-refractivity contribution in [2.24, 2.45) is 0 Å². The summed E-state index contributed by atoms with van der Waals surface area (Å²) in [6, 6.07) is 28.1. The first-order chi connectivity index (χ1) is 13.7. The molecule has 0 saturated carbocycles. The first kappa shape index (κ1) is 16.1. The van der Waals surface area contributed by atoms with Gasteiger partial charge < -0.3 is 9.52 Å². The van der Waals surface area contributed by atoms with E-state index in [0.29, 0.717) is 0 Å². The molecule has 0 bridgehead atoms. The second-order valence-corrected chi connectivity index (χ2v) is 8.14. The van der Waals surface area contributed by atoms with Gasteiger partial charge in [-0.25, -0.2) is 0 Å². The number of rotatable bonds is 1. The van der Waals surface area contributed by atoms with Gasteiger partial charge in [0.2, 0.25) is 0 Å². The van der Waals surface area contributed by atoms with Crippen molar-refractivity contribution >= 4 is 37.9 Å². The summed E-state index contributed by atoms with van der Waals surface area (Å²) in [6.07, 6.45) is 0. The standard InChI is InChI=1S/C25H15BrO2/c26-15-12-13-17-16-6-1-3-8-19(16)25(27,21(17)14-15)20-9-5-11-23-24(20)18-7-2-4-10-22(18)28-23/h1-14,27H. The minimum absolute atomic E-state index is 0.785. The first-order valence-corrected chi connectivity index (χ1v) is 10.0. The molecule has 5 aromatic rings. The van der Waals surface area contributed by atoms with E-state index in [0.717, 1.165) is 54.2 Å². The molecule has 0 saturated heterocycles. The van der Waals surface area contributed by atoms with E-state index < -0.39 is 5.60 Å². The van der Waals surface area contributed by atoms with E-state index >= 15 is 0 Å². The maximum Gasteiger partial charge on any atom is 0.142 e. The predicted molar refractivity (Wildman–Crippen MR) is 115 cm³/mol. The lowest BCUT2D eigenvalue weighted by atomic mass is 9.82. The van der Waals surface area contributed by atoms with Gasteiger partial charge in [0.1, 0.15) is 16.8 Å². The largest absolute Gasteiger partial charge is 0.456 e. The predicted octanol–water partition coefficient (Wildman–Crippen LogP) is 6.61. The number of benzene rings is 4. The second kappa shape index (κ2) is 5.57. The zero-order valence-electron chi connectivity index (χ0n) is 14.8. The van der Waals surface area contributed by atoms with Crippen LogP contribution in [0.1, 0.15) is 16.7 Å². The minimum atomic E-state index is -1.25. The molecule has 0 fully saturated rings. The number of halogens is 1. The van der Waals surface area contributed by atoms with Crippen molar-refractivity contribution in [1.82, 2.24) is 0 Å². The molecule has 0 radical (unpaired) electrons. The van der Waals surface area contributed by atoms with E-state index in [1.165, 1.54) is 0 Å². The molecule has 0 spiro atoms. The number of fused-ring (bicyclic) bond motifs is 6. The van der Waals surface area contributed by atoms with Crippen LogP contribution in [0, 0.1) is 0 Å². The number of hydrogen-bond donors (Lipinski definition) is 1. The second-order valence-electron chi connectivity index (χ2n) is 7.22. The van der Waals surface area contributed by atoms with Crippen molar-refractivity contribution in [3.63, 3.8) is 0 Å². The van der Waals surface area contributed by atoms with Crippen molar-refractivity contribution < 1.29 is 9.52 Å². The van der Waals surface area contributed by atoms with Gasteiger partial charge in [-0.1, -0.05) is 76.6 Å². The minimum Gasteiger partial charge on any atom is -0.456 e. The zero-order valence-corrected chi connectivity index (χ0v) is 16.4. The Balaban J connectivity index is 1.80. The number of hydrogen-bond acceptors (Lipinski definition) is 2. The molecule has 4 aromatic carbocycles. The number of furan rings is 1. The summed E-state index contributed by atoms with van der Waals surface area (Å²) >= 11 is 3.59. The summed E-state index contributed by atoms with van der Waals surface area (Å²) in [5.74, 6) is 0. The molecule has 3 heteroatoms. The molecule has 6 rings (SSSR count). The maximum absolute atomic E-state index is 12.3. The molecule has 1 atom stereocenters. The van der Waals surface area contributed by atoms with Crippen molar-refractivity contribution in [2.75, 3.05) is 0 Å². The lowest BCUT2D eigenvalue weighted by molar-refractivity contribution is 0.132. The third-order valence-electron chi connectivity index (χ3n) is 5.77. The first-order valence-electron chi connectivity index (χ1n) is 9.21. The van der Waals surface area contributed by atoms with Gasteiger partial charge in [0.25, 0.3) is 0 Å². The third kappa shape index (κ3) is 1.95. The highest BCUT2D eigenvalue weighted by Gasteiger charge is 2.44. The van der Waals surface area contributed by atoms with Crippen LogP contribution in [0.2, 0.25) is 0 Å². The normalized spacial score (nSPS) is 17.8. The fourth-order valence-corrected chi connectivity index (χ4v) is 4.96. The van der Waals surface area contributed by atoms with Crippen LogP contribution >= 0.6 is 15.9 Å². The fraction of sp³-hybridized carbons (Fsp3) is 0.0400. The average molecular weight is 427 g/mol. The summed E-state index contributed by atoms with van der Waals surface area (Å²) in [4.78, 5) is 0. The fourth-order valence-electron chi connectivity index (χ4n) is 4.60. The summed E-state index contributed by atoms with van der Waals surface area (Å²) in [5, 5.41) is 14.3. The summed E-state index contributed by atoms with van der Waals surface area (Å²) < 4.78 is 7.02. The van der Waals surface area contributed by atoms with Crippen molar-refractivity contribution in [2.45, 2.75) is 5.60 Å². The molecule has 1 aromatic heterocycles. The molecule has 134 valence electrons. The molecular formula is C25H15BrO2. The SMILES string of the molecule is OC1(c2cccc3oc4ccccc4c23)c2ccccc2-c2ccc(Br)cc21. The van der Waals surface area contributed by atoms with Gasteiger partial charge in [0, 0.05) is 31.9 Å². The van der Waals surface area contributed by atoms with Gasteiger partial charge in [-0.15, -0.1) is 0 Å². The van der Waals surface area contributed by atoms with Gasteiger partial charge in [-0.3, -0.25) is 0 Å². The molecule has 28 heavy (non-hydrogen) atoms. The van der Waals surface area contributed by atoms with Crippen LogP contribution in [-0.2, 0) is 5.60 Å². The van der Waals surface area contributed by atoms with Crippen LogP contribution in [0.3, 0.4) is 0 Å². The highest BCUT2D eigenvalue weighted by Crippen LogP contribution is 2.53. The topological polar surface area (TPSA) is 33.4 Å². The van der Waals surface area contributed by atoms with Gasteiger partial charge in [-0.05, 0) is 35.4 Å². The molecule has 0 amide bonds. The van der Waals surface area contributed by atoms with Gasteiger partial charge in [-0.2, -0.15) is 0 Å². The Bertz CT molecular complexity index is 1400. The Kier molecular flexibility index (Phi) is 3.20. The Hall–Kier alpha value is -2.88. The van der Waals surface area contributed by atoms with Gasteiger partial charge in [0.05, 0.1) is 0 Å². The Morgan fingerprint density at radius 1 is 0.679 bits per heavy atom. The van der Waals surface area contributed by atoms with E-state index in [2.05, 4.69) is 34.1 Å². The molecule has 1 N–H and O–H groups in total. The van der Waals surface area contributed by atoms with Gasteiger partial charge >= 0.3 is 0 Å². The van der Waals surface area contributed by atoms with Crippen molar-refractivity contribution in [3.05, 3.63) is 106 Å². The number of aliphatic hydroxyl groups is 1. The van der Waals surface area contributed by atoms with E-state index in [9.17, 15) is 5.11 Å². The van der Waals surface area contributed by atoms with E-state index in [-0.39, 0.29) is 0 Å². The molecule has 2 nitrogen and oxygen atoms in total. The zero-order chi connectivity index (χ0) is 18.9. The molecular weight excluding hydrogens is 412 g/mol. The summed E-state index contributed by atoms with van der Waals surface area (Å²) in [7, 11) is 0. The van der Waals surface area contributed by atoms with Gasteiger partial charge in [0.15, 0.2) is 0 Å². The summed E-state index contributed by atoms with van der Waals surface area (Å²) in [6.45, 7) is 0. The van der Waals surface area contributed by atoms with Crippen LogP contribution in [-0.4, -0.2) is 5.11 Å². The Morgan fingerprint density at radius 2 is 1.39 bits per heavy atom. The van der Waals surface area contributed by atoms with Crippen LogP contribution in [0.15, 0.2) is 93.8 Å². The van der Waals surface area contributed by atoms with Crippen LogP contribution < -0.4 is 0 Å². The lowest BCUT2D eigenvalue weighted by Gasteiger charge is -2.27. The Labute approximate surface area is 170 Å². The molecule has 1 unspecified atom stereocenters. The quantitative estimate of drug-likeness (QED) is 0.327. The smallest absolute Gasteiger partial charge is 0.142 e. The van der Waals surface area contributed by atoms with Crippen LogP contribution in [0.5, 0.6) is 0 Å². The van der Waals surface area contributed by atoms with Crippen LogP contribution in [0.25, 0.3) is 33.1 Å². The molecule has 0 aliphatic heterocycles. The highest BCUT2D eigenvalue weighted by molar-refractivity contribution is 9.10. The lowest BCUT2D eigenvalue weighted by Crippen LogP contribution is -2.26. The van der Waals surface area contributed by atoms with E-state index in [1.54, 1.807) is 0 Å². The highest BCUT2D eigenvalue weighted by atomic mass is 79.9. The molecule has 1 aliphatic carbocycles.